The van der Waals surface area contributed by atoms with Gasteiger partial charge >= 0.3 is 5.97 Å². The smallest absolute Gasteiger partial charge is 0.307 e. The van der Waals surface area contributed by atoms with Gasteiger partial charge in [-0.3, -0.25) is 4.79 Å². The van der Waals surface area contributed by atoms with Gasteiger partial charge in [0.1, 0.15) is 18.0 Å². The van der Waals surface area contributed by atoms with Crippen molar-refractivity contribution in [3.05, 3.63) is 29.8 Å². The van der Waals surface area contributed by atoms with Gasteiger partial charge in [0.05, 0.1) is 17.9 Å². The van der Waals surface area contributed by atoms with Crippen LogP contribution in [0.3, 0.4) is 0 Å². The first-order valence-corrected chi connectivity index (χ1v) is 7.54. The molecule has 1 aromatic carbocycles. The Hall–Kier alpha value is -1.60. The van der Waals surface area contributed by atoms with Crippen molar-refractivity contribution in [2.24, 2.45) is 0 Å². The normalized spacial score (nSPS) is 25.1. The van der Waals surface area contributed by atoms with E-state index in [0.717, 1.165) is 0 Å². The molecule has 0 aliphatic carbocycles. The van der Waals surface area contributed by atoms with Gasteiger partial charge in [0.25, 0.3) is 0 Å². The number of aliphatic carboxylic acids is 1. The van der Waals surface area contributed by atoms with Crippen molar-refractivity contribution in [2.75, 3.05) is 11.5 Å². The molecule has 6 nitrogen and oxygen atoms in total. The van der Waals surface area contributed by atoms with Crippen LogP contribution in [-0.4, -0.2) is 48.3 Å². The maximum atomic E-state index is 11.3. The van der Waals surface area contributed by atoms with E-state index >= 15 is 0 Å². The third-order valence-electron chi connectivity index (χ3n) is 2.81. The fourth-order valence-corrected chi connectivity index (χ4v) is 3.65. The van der Waals surface area contributed by atoms with Gasteiger partial charge in [-0.25, -0.2) is 8.42 Å². The van der Waals surface area contributed by atoms with E-state index in [2.05, 4.69) is 0 Å². The van der Waals surface area contributed by atoms with Crippen molar-refractivity contribution >= 4 is 15.8 Å². The van der Waals surface area contributed by atoms with Crippen LogP contribution in [0.25, 0.3) is 0 Å². The molecule has 0 spiro atoms. The third-order valence-corrected chi connectivity index (χ3v) is 4.50. The van der Waals surface area contributed by atoms with Crippen LogP contribution in [0.1, 0.15) is 5.56 Å². The molecule has 2 atom stereocenters. The summed E-state index contributed by atoms with van der Waals surface area (Å²) in [5.74, 6) is -1.12. The molecule has 0 aromatic heterocycles. The van der Waals surface area contributed by atoms with E-state index in [0.29, 0.717) is 11.3 Å². The zero-order valence-corrected chi connectivity index (χ0v) is 10.8. The quantitative estimate of drug-likeness (QED) is 0.798. The van der Waals surface area contributed by atoms with E-state index in [1.54, 1.807) is 18.2 Å². The van der Waals surface area contributed by atoms with Crippen molar-refractivity contribution in [1.82, 2.24) is 0 Å². The molecule has 1 aliphatic rings. The van der Waals surface area contributed by atoms with Gasteiger partial charge in [0.15, 0.2) is 9.84 Å². The molecule has 2 unspecified atom stereocenters. The number of hydrogen-bond acceptors (Lipinski definition) is 5. The van der Waals surface area contributed by atoms with Crippen LogP contribution in [0.4, 0.5) is 0 Å². The first-order valence-electron chi connectivity index (χ1n) is 5.71. The van der Waals surface area contributed by atoms with Gasteiger partial charge in [-0.05, 0) is 17.7 Å². The Labute approximate surface area is 110 Å². The van der Waals surface area contributed by atoms with Gasteiger partial charge in [-0.2, -0.15) is 0 Å². The maximum Gasteiger partial charge on any atom is 0.307 e. The number of carboxylic acid groups (broad SMARTS) is 1. The molecule has 0 bridgehead atoms. The second-order valence-corrected chi connectivity index (χ2v) is 6.67. The van der Waals surface area contributed by atoms with Gasteiger partial charge < -0.3 is 14.9 Å². The summed E-state index contributed by atoms with van der Waals surface area (Å²) in [4.78, 5) is 10.6. The number of benzene rings is 1. The number of ether oxygens (including phenoxy) is 1. The Morgan fingerprint density at radius 1 is 1.37 bits per heavy atom. The topological polar surface area (TPSA) is 101 Å². The molecular formula is C12H14O6S. The lowest BCUT2D eigenvalue weighted by Gasteiger charge is -2.16. The Morgan fingerprint density at radius 3 is 2.68 bits per heavy atom. The molecular weight excluding hydrogens is 272 g/mol. The number of hydrogen-bond donors (Lipinski definition) is 2. The molecule has 1 aliphatic heterocycles. The monoisotopic (exact) mass is 286 g/mol. The second kappa shape index (κ2) is 5.18. The van der Waals surface area contributed by atoms with Crippen LogP contribution in [0.15, 0.2) is 24.3 Å². The van der Waals surface area contributed by atoms with Crippen LogP contribution in [0.5, 0.6) is 5.75 Å². The summed E-state index contributed by atoms with van der Waals surface area (Å²) in [7, 11) is -3.26. The van der Waals surface area contributed by atoms with Crippen LogP contribution in [0.2, 0.25) is 0 Å². The Bertz CT molecular complexity index is 580. The molecule has 1 fully saturated rings. The first kappa shape index (κ1) is 13.8. The van der Waals surface area contributed by atoms with Crippen LogP contribution in [0, 0.1) is 0 Å². The number of aliphatic hydroxyl groups excluding tert-OH is 1. The fourth-order valence-electron chi connectivity index (χ4n) is 1.99. The summed E-state index contributed by atoms with van der Waals surface area (Å²) in [6.45, 7) is 0. The minimum Gasteiger partial charge on any atom is -0.487 e. The summed E-state index contributed by atoms with van der Waals surface area (Å²) in [5, 5.41) is 18.3. The van der Waals surface area contributed by atoms with Crippen molar-refractivity contribution in [1.29, 1.82) is 0 Å². The molecule has 19 heavy (non-hydrogen) atoms. The van der Waals surface area contributed by atoms with E-state index in [-0.39, 0.29) is 17.9 Å². The Morgan fingerprint density at radius 2 is 2.11 bits per heavy atom. The number of rotatable bonds is 4. The Balaban J connectivity index is 2.09. The van der Waals surface area contributed by atoms with Crippen molar-refractivity contribution in [2.45, 2.75) is 18.6 Å². The molecule has 0 amide bonds. The van der Waals surface area contributed by atoms with Gasteiger partial charge in [-0.15, -0.1) is 0 Å². The highest BCUT2D eigenvalue weighted by Crippen LogP contribution is 2.21. The van der Waals surface area contributed by atoms with Gasteiger partial charge in [0, 0.05) is 0 Å². The van der Waals surface area contributed by atoms with E-state index in [1.165, 1.54) is 6.07 Å². The summed E-state index contributed by atoms with van der Waals surface area (Å²) in [6, 6.07) is 6.40. The first-order chi connectivity index (χ1) is 8.85. The lowest BCUT2D eigenvalue weighted by atomic mass is 10.1. The van der Waals surface area contributed by atoms with Crippen molar-refractivity contribution in [3.8, 4) is 5.75 Å². The highest BCUT2D eigenvalue weighted by atomic mass is 32.2. The predicted octanol–water partition coefficient (Wildman–Crippen LogP) is -0.150. The zero-order chi connectivity index (χ0) is 14.0. The lowest BCUT2D eigenvalue weighted by molar-refractivity contribution is -0.136. The standard InChI is InChI=1S/C12H14O6S/c13-10-6-19(16,17)7-11(10)18-9-3-1-2-8(4-9)5-12(14)15/h1-4,10-11,13H,5-7H2,(H,14,15). The molecule has 0 radical (unpaired) electrons. The van der Waals surface area contributed by atoms with E-state index in [4.69, 9.17) is 9.84 Å². The number of sulfone groups is 1. The summed E-state index contributed by atoms with van der Waals surface area (Å²) >= 11 is 0. The molecule has 1 saturated heterocycles. The largest absolute Gasteiger partial charge is 0.487 e. The highest BCUT2D eigenvalue weighted by Gasteiger charge is 2.38. The zero-order valence-electron chi connectivity index (χ0n) is 10.0. The summed E-state index contributed by atoms with van der Waals surface area (Å²) in [5.41, 5.74) is 0.556. The van der Waals surface area contributed by atoms with E-state index in [1.807, 2.05) is 0 Å². The highest BCUT2D eigenvalue weighted by molar-refractivity contribution is 7.91. The van der Waals surface area contributed by atoms with Crippen LogP contribution in [-0.2, 0) is 21.1 Å². The maximum absolute atomic E-state index is 11.3. The average molecular weight is 286 g/mol. The molecule has 1 aromatic rings. The number of aliphatic hydroxyl groups is 1. The van der Waals surface area contributed by atoms with Gasteiger partial charge in [0.2, 0.25) is 0 Å². The molecule has 2 N–H and O–H groups in total. The number of carbonyl (C=O) groups is 1. The van der Waals surface area contributed by atoms with E-state index < -0.39 is 28.0 Å². The second-order valence-electron chi connectivity index (χ2n) is 4.52. The molecule has 7 heteroatoms. The summed E-state index contributed by atoms with van der Waals surface area (Å²) in [6.07, 6.45) is -1.99. The third kappa shape index (κ3) is 3.68. The predicted molar refractivity (Wildman–Crippen MR) is 66.9 cm³/mol. The molecule has 104 valence electrons. The van der Waals surface area contributed by atoms with Crippen LogP contribution < -0.4 is 4.74 Å². The Kier molecular flexibility index (Phi) is 3.77. The fraction of sp³-hybridized carbons (Fsp3) is 0.417. The van der Waals surface area contributed by atoms with Gasteiger partial charge in [-0.1, -0.05) is 12.1 Å². The minimum absolute atomic E-state index is 0.136. The molecule has 0 saturated carbocycles. The number of carboxylic acids is 1. The van der Waals surface area contributed by atoms with Crippen LogP contribution >= 0.6 is 0 Å². The molecule has 1 heterocycles. The minimum atomic E-state index is -3.26. The SMILES string of the molecule is O=C(O)Cc1cccc(OC2CS(=O)(=O)CC2O)c1. The summed E-state index contributed by atoms with van der Waals surface area (Å²) < 4.78 is 28.1. The lowest BCUT2D eigenvalue weighted by Crippen LogP contribution is -2.29. The van der Waals surface area contributed by atoms with Crippen molar-refractivity contribution in [3.63, 3.8) is 0 Å². The average Bonchev–Trinajstić information content (AvgIpc) is 2.51. The van der Waals surface area contributed by atoms with Crippen molar-refractivity contribution < 1.29 is 28.2 Å². The van der Waals surface area contributed by atoms with E-state index in [9.17, 15) is 18.3 Å². The molecule has 2 rings (SSSR count).